The number of piperazine rings is 1. The first-order chi connectivity index (χ1) is 12.9. The average Bonchev–Trinajstić information content (AvgIpc) is 2.67. The van der Waals surface area contributed by atoms with Crippen molar-refractivity contribution in [3.8, 4) is 0 Å². The summed E-state index contributed by atoms with van der Waals surface area (Å²) >= 11 is 0. The first-order valence-corrected chi connectivity index (χ1v) is 8.66. The average molecular weight is 379 g/mol. The Bertz CT molecular complexity index is 786. The summed E-state index contributed by atoms with van der Waals surface area (Å²) < 4.78 is 37.9. The van der Waals surface area contributed by atoms with Gasteiger partial charge in [0.05, 0.1) is 5.56 Å². The van der Waals surface area contributed by atoms with Crippen molar-refractivity contribution in [1.29, 1.82) is 0 Å². The number of rotatable bonds is 4. The molecule has 1 aliphatic heterocycles. The maximum Gasteiger partial charge on any atom is 0.416 e. The minimum atomic E-state index is -4.39. The van der Waals surface area contributed by atoms with Crippen molar-refractivity contribution >= 4 is 17.5 Å². The summed E-state index contributed by atoms with van der Waals surface area (Å²) in [5.41, 5.74) is -0.0716. The molecule has 1 N–H and O–H groups in total. The summed E-state index contributed by atoms with van der Waals surface area (Å²) in [4.78, 5) is 24.9. The molecular weight excluding hydrogens is 359 g/mol. The fourth-order valence-corrected chi connectivity index (χ4v) is 2.84. The summed E-state index contributed by atoms with van der Waals surface area (Å²) in [6.07, 6.45) is -2.93. The highest BCUT2D eigenvalue weighted by Gasteiger charge is 2.30. The number of carbonyl (C=O) groups is 1. The molecule has 9 heteroatoms. The van der Waals surface area contributed by atoms with Gasteiger partial charge in [-0.1, -0.05) is 6.92 Å². The molecular formula is C18H20F3N5O. The highest BCUT2D eigenvalue weighted by Crippen LogP contribution is 2.30. The summed E-state index contributed by atoms with van der Waals surface area (Å²) in [7, 11) is 0. The second-order valence-electron chi connectivity index (χ2n) is 6.19. The van der Waals surface area contributed by atoms with Gasteiger partial charge in [0.25, 0.3) is 5.91 Å². The number of likely N-dealkylation sites (N-methyl/N-ethyl adjacent to an activating group) is 1. The predicted octanol–water partition coefficient (Wildman–Crippen LogP) is 3.02. The molecule has 1 aromatic heterocycles. The highest BCUT2D eigenvalue weighted by atomic mass is 19.4. The van der Waals surface area contributed by atoms with E-state index < -0.39 is 11.7 Å². The third-order valence-electron chi connectivity index (χ3n) is 4.45. The van der Waals surface area contributed by atoms with Crippen molar-refractivity contribution in [3.63, 3.8) is 0 Å². The van der Waals surface area contributed by atoms with Gasteiger partial charge in [-0.2, -0.15) is 13.2 Å². The van der Waals surface area contributed by atoms with Crippen LogP contribution in [0.3, 0.4) is 0 Å². The number of nitrogens with zero attached hydrogens (tertiary/aromatic N) is 4. The molecule has 1 amide bonds. The third kappa shape index (κ3) is 4.73. The topological polar surface area (TPSA) is 61.4 Å². The SMILES string of the molecule is CCN1CCN(C(=O)c2ccnc(Nc3ccc(C(F)(F)F)cc3)n2)CC1. The van der Waals surface area contributed by atoms with Crippen LogP contribution in [0.1, 0.15) is 23.0 Å². The van der Waals surface area contributed by atoms with Crippen molar-refractivity contribution in [1.82, 2.24) is 19.8 Å². The molecule has 0 atom stereocenters. The third-order valence-corrected chi connectivity index (χ3v) is 4.45. The lowest BCUT2D eigenvalue weighted by molar-refractivity contribution is -0.137. The van der Waals surface area contributed by atoms with Gasteiger partial charge in [-0.3, -0.25) is 4.79 Å². The van der Waals surface area contributed by atoms with Gasteiger partial charge in [0.2, 0.25) is 5.95 Å². The Morgan fingerprint density at radius 2 is 1.78 bits per heavy atom. The molecule has 1 aliphatic rings. The van der Waals surface area contributed by atoms with Crippen LogP contribution in [0.5, 0.6) is 0 Å². The van der Waals surface area contributed by atoms with Crippen molar-refractivity contribution in [3.05, 3.63) is 47.8 Å². The van der Waals surface area contributed by atoms with Crippen molar-refractivity contribution < 1.29 is 18.0 Å². The Morgan fingerprint density at radius 1 is 1.11 bits per heavy atom. The van der Waals surface area contributed by atoms with E-state index in [0.29, 0.717) is 18.8 Å². The van der Waals surface area contributed by atoms with E-state index in [9.17, 15) is 18.0 Å². The molecule has 0 bridgehead atoms. The summed E-state index contributed by atoms with van der Waals surface area (Å²) in [6, 6.07) is 6.08. The van der Waals surface area contributed by atoms with Crippen LogP contribution in [0.15, 0.2) is 36.5 Å². The molecule has 6 nitrogen and oxygen atoms in total. The quantitative estimate of drug-likeness (QED) is 0.885. The molecule has 0 spiro atoms. The first kappa shape index (κ1) is 19.1. The van der Waals surface area contributed by atoms with E-state index in [-0.39, 0.29) is 17.5 Å². The Labute approximate surface area is 155 Å². The number of halogens is 3. The number of nitrogens with one attached hydrogen (secondary N) is 1. The van der Waals surface area contributed by atoms with Crippen LogP contribution in [-0.4, -0.2) is 58.4 Å². The van der Waals surface area contributed by atoms with E-state index in [4.69, 9.17) is 0 Å². The maximum atomic E-state index is 12.6. The number of anilines is 2. The van der Waals surface area contributed by atoms with E-state index in [1.807, 2.05) is 0 Å². The molecule has 144 valence electrons. The molecule has 0 unspecified atom stereocenters. The van der Waals surface area contributed by atoms with Crippen LogP contribution in [-0.2, 0) is 6.18 Å². The fourth-order valence-electron chi connectivity index (χ4n) is 2.84. The Morgan fingerprint density at radius 3 is 2.37 bits per heavy atom. The Kier molecular flexibility index (Phi) is 5.59. The fraction of sp³-hybridized carbons (Fsp3) is 0.389. The largest absolute Gasteiger partial charge is 0.416 e. The first-order valence-electron chi connectivity index (χ1n) is 8.66. The normalized spacial score (nSPS) is 15.6. The van der Waals surface area contributed by atoms with Gasteiger partial charge in [-0.05, 0) is 36.9 Å². The molecule has 1 aromatic carbocycles. The van der Waals surface area contributed by atoms with Crippen LogP contribution in [0, 0.1) is 0 Å². The molecule has 0 saturated carbocycles. The van der Waals surface area contributed by atoms with E-state index >= 15 is 0 Å². The van der Waals surface area contributed by atoms with Crippen molar-refractivity contribution in [2.75, 3.05) is 38.0 Å². The molecule has 27 heavy (non-hydrogen) atoms. The van der Waals surface area contributed by atoms with Crippen molar-refractivity contribution in [2.24, 2.45) is 0 Å². The van der Waals surface area contributed by atoms with Gasteiger partial charge in [0.15, 0.2) is 0 Å². The zero-order valence-electron chi connectivity index (χ0n) is 14.8. The lowest BCUT2D eigenvalue weighted by Crippen LogP contribution is -2.48. The van der Waals surface area contributed by atoms with E-state index in [0.717, 1.165) is 31.8 Å². The number of alkyl halides is 3. The van der Waals surface area contributed by atoms with Crippen LogP contribution >= 0.6 is 0 Å². The van der Waals surface area contributed by atoms with Crippen LogP contribution < -0.4 is 5.32 Å². The highest BCUT2D eigenvalue weighted by molar-refractivity contribution is 5.92. The number of amides is 1. The molecule has 0 radical (unpaired) electrons. The lowest BCUT2D eigenvalue weighted by Gasteiger charge is -2.33. The summed E-state index contributed by atoms with van der Waals surface area (Å²) in [5.74, 6) is -0.0172. The number of benzene rings is 1. The minimum Gasteiger partial charge on any atom is -0.335 e. The molecule has 3 rings (SSSR count). The second-order valence-corrected chi connectivity index (χ2v) is 6.19. The zero-order chi connectivity index (χ0) is 19.4. The number of carbonyl (C=O) groups excluding carboxylic acids is 1. The van der Waals surface area contributed by atoms with Gasteiger partial charge in [0, 0.05) is 38.1 Å². The molecule has 0 aliphatic carbocycles. The molecule has 1 saturated heterocycles. The van der Waals surface area contributed by atoms with E-state index in [2.05, 4.69) is 27.1 Å². The van der Waals surface area contributed by atoms with E-state index in [1.54, 1.807) is 4.90 Å². The number of hydrogen-bond donors (Lipinski definition) is 1. The number of hydrogen-bond acceptors (Lipinski definition) is 5. The molecule has 1 fully saturated rings. The summed E-state index contributed by atoms with van der Waals surface area (Å²) in [6.45, 7) is 5.96. The smallest absolute Gasteiger partial charge is 0.335 e. The monoisotopic (exact) mass is 379 g/mol. The Balaban J connectivity index is 1.67. The van der Waals surface area contributed by atoms with Crippen molar-refractivity contribution in [2.45, 2.75) is 13.1 Å². The second kappa shape index (κ2) is 7.91. The zero-order valence-corrected chi connectivity index (χ0v) is 14.8. The molecule has 2 heterocycles. The molecule has 2 aromatic rings. The standard InChI is InChI=1S/C18H20F3N5O/c1-2-25-9-11-26(12-10-25)16(27)15-7-8-22-17(24-15)23-14-5-3-13(4-6-14)18(19,20)21/h3-8H,2,9-12H2,1H3,(H,22,23,24). The van der Waals surface area contributed by atoms with Crippen LogP contribution in [0.25, 0.3) is 0 Å². The van der Waals surface area contributed by atoms with Crippen LogP contribution in [0.4, 0.5) is 24.8 Å². The predicted molar refractivity (Wildman–Crippen MR) is 94.8 cm³/mol. The maximum absolute atomic E-state index is 12.6. The van der Waals surface area contributed by atoms with Gasteiger partial charge >= 0.3 is 6.18 Å². The Hall–Kier alpha value is -2.68. The lowest BCUT2D eigenvalue weighted by atomic mass is 10.2. The van der Waals surface area contributed by atoms with Gasteiger partial charge in [0.1, 0.15) is 5.69 Å². The number of aromatic nitrogens is 2. The van der Waals surface area contributed by atoms with Crippen LogP contribution in [0.2, 0.25) is 0 Å². The van der Waals surface area contributed by atoms with E-state index in [1.165, 1.54) is 24.4 Å². The van der Waals surface area contributed by atoms with Gasteiger partial charge in [-0.15, -0.1) is 0 Å². The summed E-state index contributed by atoms with van der Waals surface area (Å²) in [5, 5.41) is 2.83. The van der Waals surface area contributed by atoms with Gasteiger partial charge in [-0.25, -0.2) is 9.97 Å². The van der Waals surface area contributed by atoms with Gasteiger partial charge < -0.3 is 15.1 Å². The minimum absolute atomic E-state index is 0.160.